The Morgan fingerprint density at radius 3 is 2.39 bits per heavy atom. The molecule has 4 aromatic rings. The number of rotatable bonds is 2. The van der Waals surface area contributed by atoms with E-state index in [4.69, 9.17) is 5.11 Å². The second-order valence-corrected chi connectivity index (χ2v) is 9.29. The van der Waals surface area contributed by atoms with E-state index in [2.05, 4.69) is 53.6 Å². The van der Waals surface area contributed by atoms with Crippen molar-refractivity contribution in [1.82, 2.24) is 0 Å². The van der Waals surface area contributed by atoms with Crippen LogP contribution >= 0.6 is 11.8 Å². The minimum atomic E-state index is -0.942. The van der Waals surface area contributed by atoms with Crippen LogP contribution in [0.1, 0.15) is 32.7 Å². The summed E-state index contributed by atoms with van der Waals surface area (Å²) >= 11 is 1.74. The summed E-state index contributed by atoms with van der Waals surface area (Å²) in [6.07, 6.45) is 0. The Labute approximate surface area is 185 Å². The molecule has 150 valence electrons. The smallest absolute Gasteiger partial charge is 0.195 e. The normalized spacial score (nSPS) is 24.6. The molecule has 3 unspecified atom stereocenters. The Balaban J connectivity index is 1.56. The van der Waals surface area contributed by atoms with Crippen molar-refractivity contribution >= 4 is 28.3 Å². The molecular formula is C27H20N2OS. The van der Waals surface area contributed by atoms with Gasteiger partial charge in [-0.15, -0.1) is 11.8 Å². The number of carbonyl (C=O) groups is 1. The summed E-state index contributed by atoms with van der Waals surface area (Å²) in [6.45, 7) is 0.524. The molecule has 2 aliphatic heterocycles. The summed E-state index contributed by atoms with van der Waals surface area (Å²) in [7, 11) is 0. The van der Waals surface area contributed by atoms with Gasteiger partial charge in [0.2, 0.25) is 0 Å². The van der Waals surface area contributed by atoms with Gasteiger partial charge in [-0.25, -0.2) is 0 Å². The predicted molar refractivity (Wildman–Crippen MR) is 125 cm³/mol. The first-order valence-electron chi connectivity index (χ1n) is 10.5. The van der Waals surface area contributed by atoms with Gasteiger partial charge in [-0.2, -0.15) is 10.2 Å². The predicted octanol–water partition coefficient (Wildman–Crippen LogP) is 6.86. The monoisotopic (exact) mass is 420 g/mol. The van der Waals surface area contributed by atoms with Crippen molar-refractivity contribution in [1.29, 1.82) is 0 Å². The van der Waals surface area contributed by atoms with E-state index in [9.17, 15) is 4.79 Å². The third kappa shape index (κ3) is 2.78. The van der Waals surface area contributed by atoms with E-state index in [0.29, 0.717) is 6.54 Å². The van der Waals surface area contributed by atoms with Gasteiger partial charge in [-0.05, 0) is 28.0 Å². The lowest BCUT2D eigenvalue weighted by Gasteiger charge is -2.41. The lowest BCUT2D eigenvalue weighted by atomic mass is 9.71. The van der Waals surface area contributed by atoms with Crippen LogP contribution in [-0.4, -0.2) is 17.9 Å². The van der Waals surface area contributed by atoms with Crippen LogP contribution in [0.3, 0.4) is 0 Å². The third-order valence-corrected chi connectivity index (χ3v) is 7.93. The van der Waals surface area contributed by atoms with Gasteiger partial charge in [0.1, 0.15) is 0 Å². The molecule has 0 aromatic heterocycles. The Hall–Kier alpha value is -3.24. The molecule has 4 aromatic carbocycles. The number of thioether (sulfide) groups is 1. The minimum Gasteiger partial charge on any atom is -0.291 e. The fourth-order valence-electron chi connectivity index (χ4n) is 4.93. The highest BCUT2D eigenvalue weighted by molar-refractivity contribution is 7.99. The van der Waals surface area contributed by atoms with Crippen molar-refractivity contribution in [2.24, 2.45) is 10.2 Å². The van der Waals surface area contributed by atoms with Gasteiger partial charge in [0.25, 0.3) is 0 Å². The molecule has 31 heavy (non-hydrogen) atoms. The molecular weight excluding hydrogens is 400 g/mol. The summed E-state index contributed by atoms with van der Waals surface area (Å²) < 4.78 is 0. The highest BCUT2D eigenvalue weighted by Gasteiger charge is 2.58. The maximum atomic E-state index is 14.1. The summed E-state index contributed by atoms with van der Waals surface area (Å²) in [5.74, 6) is -0.0224. The summed E-state index contributed by atoms with van der Waals surface area (Å²) in [5.41, 5.74) is 2.05. The van der Waals surface area contributed by atoms with Gasteiger partial charge < -0.3 is 0 Å². The highest BCUT2D eigenvalue weighted by atomic mass is 32.2. The average Bonchev–Trinajstić information content (AvgIpc) is 3.27. The molecule has 6 rings (SSSR count). The van der Waals surface area contributed by atoms with Crippen LogP contribution in [0.15, 0.2) is 112 Å². The number of azo groups is 1. The third-order valence-electron chi connectivity index (χ3n) is 6.45. The molecule has 0 saturated carbocycles. The number of Topliss-reactive ketones (excluding diaryl/α,β-unsaturated/α-hetero) is 1. The standard InChI is InChI=1S/C27H20N2OS/c30-25-22-12-6-7-13-24(22)31-26(19-9-2-1-3-10-19)27(25)23(17-28-29-27)21-15-14-18-8-4-5-11-20(18)16-21/h1-16,23,26H,17H2. The molecule has 3 atom stereocenters. The van der Waals surface area contributed by atoms with Gasteiger partial charge in [-0.1, -0.05) is 91.0 Å². The lowest BCUT2D eigenvalue weighted by molar-refractivity contribution is 0.0865. The molecule has 0 fully saturated rings. The zero-order valence-electron chi connectivity index (χ0n) is 16.8. The van der Waals surface area contributed by atoms with Crippen LogP contribution < -0.4 is 0 Å². The molecule has 0 aliphatic carbocycles. The summed E-state index contributed by atoms with van der Waals surface area (Å²) in [5, 5.41) is 11.5. The summed E-state index contributed by atoms with van der Waals surface area (Å²) in [4.78, 5) is 15.1. The number of ketones is 1. The number of fused-ring (bicyclic) bond motifs is 2. The Kier molecular flexibility index (Phi) is 4.29. The summed E-state index contributed by atoms with van der Waals surface area (Å²) in [6, 6.07) is 33.0. The zero-order chi connectivity index (χ0) is 20.8. The molecule has 4 heteroatoms. The molecule has 3 nitrogen and oxygen atoms in total. The van der Waals surface area contributed by atoms with Gasteiger partial charge in [0.05, 0.1) is 11.8 Å². The first-order valence-corrected chi connectivity index (χ1v) is 11.4. The topological polar surface area (TPSA) is 41.8 Å². The van der Waals surface area contributed by atoms with Crippen LogP contribution in [0.25, 0.3) is 10.8 Å². The van der Waals surface area contributed by atoms with E-state index in [1.54, 1.807) is 11.8 Å². The molecule has 0 amide bonds. The molecule has 0 N–H and O–H groups in total. The Morgan fingerprint density at radius 1 is 0.774 bits per heavy atom. The fraction of sp³-hybridized carbons (Fsp3) is 0.148. The molecule has 0 saturated heterocycles. The van der Waals surface area contributed by atoms with Crippen LogP contribution in [0.5, 0.6) is 0 Å². The lowest BCUT2D eigenvalue weighted by Crippen LogP contribution is -2.48. The number of hydrogen-bond acceptors (Lipinski definition) is 4. The van der Waals surface area contributed by atoms with Gasteiger partial charge in [0, 0.05) is 16.4 Å². The van der Waals surface area contributed by atoms with Crippen molar-refractivity contribution in [3.8, 4) is 0 Å². The minimum absolute atomic E-state index is 0.0788. The molecule has 2 aliphatic rings. The van der Waals surface area contributed by atoms with E-state index in [0.717, 1.165) is 21.6 Å². The van der Waals surface area contributed by atoms with Gasteiger partial charge >= 0.3 is 0 Å². The number of hydrogen-bond donors (Lipinski definition) is 0. The van der Waals surface area contributed by atoms with Crippen LogP contribution in [0, 0.1) is 0 Å². The number of nitrogens with zero attached hydrogens (tertiary/aromatic N) is 2. The van der Waals surface area contributed by atoms with Crippen LogP contribution in [0.4, 0.5) is 0 Å². The van der Waals surface area contributed by atoms with Crippen molar-refractivity contribution in [2.75, 3.05) is 6.54 Å². The zero-order valence-corrected chi connectivity index (χ0v) is 17.6. The van der Waals surface area contributed by atoms with E-state index in [-0.39, 0.29) is 17.0 Å². The number of benzene rings is 4. The van der Waals surface area contributed by atoms with Crippen molar-refractivity contribution in [3.63, 3.8) is 0 Å². The van der Waals surface area contributed by atoms with E-state index in [1.807, 2.05) is 48.5 Å². The Bertz CT molecular complexity index is 1330. The van der Waals surface area contributed by atoms with Crippen molar-refractivity contribution in [2.45, 2.75) is 21.6 Å². The largest absolute Gasteiger partial charge is 0.291 e. The molecule has 2 heterocycles. The van der Waals surface area contributed by atoms with Gasteiger partial charge in [0.15, 0.2) is 11.3 Å². The van der Waals surface area contributed by atoms with E-state index in [1.165, 1.54) is 10.8 Å². The second kappa shape index (κ2) is 7.17. The molecule has 0 radical (unpaired) electrons. The molecule has 0 bridgehead atoms. The SMILES string of the molecule is O=C1c2ccccc2SC(c2ccccc2)C12N=NCC2c1ccc2ccccc2c1. The van der Waals surface area contributed by atoms with E-state index >= 15 is 0 Å². The van der Waals surface area contributed by atoms with Crippen molar-refractivity contribution < 1.29 is 4.79 Å². The van der Waals surface area contributed by atoms with Crippen LogP contribution in [0.2, 0.25) is 0 Å². The Morgan fingerprint density at radius 2 is 1.52 bits per heavy atom. The maximum absolute atomic E-state index is 14.1. The van der Waals surface area contributed by atoms with Crippen molar-refractivity contribution in [3.05, 3.63) is 114 Å². The highest BCUT2D eigenvalue weighted by Crippen LogP contribution is 2.58. The maximum Gasteiger partial charge on any atom is 0.195 e. The number of carbonyl (C=O) groups excluding carboxylic acids is 1. The van der Waals surface area contributed by atoms with Gasteiger partial charge in [-0.3, -0.25) is 4.79 Å². The van der Waals surface area contributed by atoms with Crippen LogP contribution in [-0.2, 0) is 0 Å². The quantitative estimate of drug-likeness (QED) is 0.355. The fourth-order valence-corrected chi connectivity index (χ4v) is 6.42. The first kappa shape index (κ1) is 18.5. The first-order chi connectivity index (χ1) is 15.3. The van der Waals surface area contributed by atoms with E-state index < -0.39 is 5.54 Å². The average molecular weight is 421 g/mol. The second-order valence-electron chi connectivity index (χ2n) is 8.14. The molecule has 1 spiro atoms.